The first kappa shape index (κ1) is 19.4. The number of methoxy groups -OCH3 is 2. The molecule has 0 aliphatic heterocycles. The maximum Gasteiger partial charge on any atom is 0.165 e. The second-order valence-corrected chi connectivity index (χ2v) is 7.51. The van der Waals surface area contributed by atoms with Gasteiger partial charge in [-0.1, -0.05) is 71.9 Å². The van der Waals surface area contributed by atoms with Crippen LogP contribution in [0.1, 0.15) is 76.0 Å². The first-order chi connectivity index (χ1) is 11.8. The van der Waals surface area contributed by atoms with E-state index in [1.807, 2.05) is 0 Å². The average Bonchev–Trinajstić information content (AvgIpc) is 2.59. The summed E-state index contributed by atoms with van der Waals surface area (Å²) in [5.41, 5.74) is 6.43. The van der Waals surface area contributed by atoms with Crippen LogP contribution in [-0.2, 0) is 0 Å². The van der Waals surface area contributed by atoms with E-state index in [0.717, 1.165) is 11.5 Å². The Morgan fingerprint density at radius 3 is 1.44 bits per heavy atom. The van der Waals surface area contributed by atoms with Gasteiger partial charge in [0.2, 0.25) is 0 Å². The minimum atomic E-state index is 0.331. The van der Waals surface area contributed by atoms with Crippen molar-refractivity contribution >= 4 is 0 Å². The van der Waals surface area contributed by atoms with Crippen LogP contribution in [0, 0.1) is 0 Å². The van der Waals surface area contributed by atoms with E-state index in [1.165, 1.54) is 27.8 Å². The van der Waals surface area contributed by atoms with Gasteiger partial charge in [0.05, 0.1) is 14.2 Å². The molecule has 0 aromatic heterocycles. The van der Waals surface area contributed by atoms with Gasteiger partial charge < -0.3 is 9.47 Å². The van der Waals surface area contributed by atoms with E-state index >= 15 is 0 Å². The molecule has 0 aliphatic carbocycles. The molecule has 2 nitrogen and oxygen atoms in total. The lowest BCUT2D eigenvalue weighted by atomic mass is 9.78. The summed E-state index contributed by atoms with van der Waals surface area (Å²) in [5.74, 6) is 2.85. The minimum Gasteiger partial charge on any atom is -0.493 e. The molecular formula is C23H32O2. The molecule has 2 rings (SSSR count). The molecule has 0 radical (unpaired) electrons. The lowest BCUT2D eigenvalue weighted by molar-refractivity contribution is 0.345. The van der Waals surface area contributed by atoms with Gasteiger partial charge >= 0.3 is 0 Å². The zero-order chi connectivity index (χ0) is 18.7. The third-order valence-electron chi connectivity index (χ3n) is 4.73. The highest BCUT2D eigenvalue weighted by molar-refractivity contribution is 5.80. The van der Waals surface area contributed by atoms with Crippen molar-refractivity contribution in [2.75, 3.05) is 14.2 Å². The Morgan fingerprint density at radius 1 is 0.600 bits per heavy atom. The molecular weight excluding hydrogens is 308 g/mol. The van der Waals surface area contributed by atoms with Crippen molar-refractivity contribution in [2.45, 2.75) is 59.3 Å². The van der Waals surface area contributed by atoms with Crippen LogP contribution >= 0.6 is 0 Å². The number of benzene rings is 2. The second-order valence-electron chi connectivity index (χ2n) is 7.51. The van der Waals surface area contributed by atoms with Crippen molar-refractivity contribution in [3.8, 4) is 22.6 Å². The fourth-order valence-electron chi connectivity index (χ4n) is 3.81. The molecule has 0 unspecified atom stereocenters. The number of hydrogen-bond acceptors (Lipinski definition) is 2. The third kappa shape index (κ3) is 3.53. The topological polar surface area (TPSA) is 18.5 Å². The Balaban J connectivity index is 3.08. The van der Waals surface area contributed by atoms with Gasteiger partial charge in [-0.2, -0.15) is 0 Å². The van der Waals surface area contributed by atoms with E-state index in [9.17, 15) is 0 Å². The molecule has 0 atom stereocenters. The minimum absolute atomic E-state index is 0.331. The van der Waals surface area contributed by atoms with Crippen molar-refractivity contribution in [2.24, 2.45) is 0 Å². The van der Waals surface area contributed by atoms with Crippen LogP contribution < -0.4 is 9.47 Å². The molecule has 0 heterocycles. The quantitative estimate of drug-likeness (QED) is 0.579. The molecule has 0 amide bonds. The molecule has 0 aliphatic rings. The lowest BCUT2D eigenvalue weighted by Crippen LogP contribution is -2.11. The van der Waals surface area contributed by atoms with E-state index in [1.54, 1.807) is 14.2 Å². The van der Waals surface area contributed by atoms with Gasteiger partial charge in [0, 0.05) is 11.1 Å². The van der Waals surface area contributed by atoms with Gasteiger partial charge in [-0.05, 0) is 34.4 Å². The molecule has 2 aromatic carbocycles. The molecule has 136 valence electrons. The summed E-state index contributed by atoms with van der Waals surface area (Å²) >= 11 is 0. The van der Waals surface area contributed by atoms with Crippen LogP contribution in [0.3, 0.4) is 0 Å². The molecule has 25 heavy (non-hydrogen) atoms. The molecule has 0 N–H and O–H groups in total. The molecule has 0 fully saturated rings. The third-order valence-corrected chi connectivity index (χ3v) is 4.73. The van der Waals surface area contributed by atoms with Crippen LogP contribution in [0.4, 0.5) is 0 Å². The Hall–Kier alpha value is -1.96. The van der Waals surface area contributed by atoms with Crippen LogP contribution in [0.2, 0.25) is 0 Å². The summed E-state index contributed by atoms with van der Waals surface area (Å²) in [7, 11) is 3.50. The van der Waals surface area contributed by atoms with E-state index in [0.29, 0.717) is 17.8 Å². The lowest BCUT2D eigenvalue weighted by Gasteiger charge is -2.30. The summed E-state index contributed by atoms with van der Waals surface area (Å²) in [6.07, 6.45) is 0. The van der Waals surface area contributed by atoms with Crippen molar-refractivity contribution in [1.82, 2.24) is 0 Å². The number of rotatable bonds is 6. The highest BCUT2D eigenvalue weighted by Crippen LogP contribution is 2.51. The molecule has 0 saturated heterocycles. The van der Waals surface area contributed by atoms with Gasteiger partial charge in [0.15, 0.2) is 11.5 Å². The van der Waals surface area contributed by atoms with Gasteiger partial charge in [0.25, 0.3) is 0 Å². The summed E-state index contributed by atoms with van der Waals surface area (Å²) in [4.78, 5) is 0. The van der Waals surface area contributed by atoms with Crippen LogP contribution in [0.15, 0.2) is 30.3 Å². The fourth-order valence-corrected chi connectivity index (χ4v) is 3.81. The summed E-state index contributed by atoms with van der Waals surface area (Å²) in [6, 6.07) is 10.7. The van der Waals surface area contributed by atoms with Gasteiger partial charge in [-0.15, -0.1) is 0 Å². The smallest absolute Gasteiger partial charge is 0.165 e. The molecule has 0 saturated carbocycles. The Bertz CT molecular complexity index is 713. The fraction of sp³-hybridized carbons (Fsp3) is 0.478. The van der Waals surface area contributed by atoms with E-state index in [-0.39, 0.29) is 0 Å². The maximum atomic E-state index is 5.89. The summed E-state index contributed by atoms with van der Waals surface area (Å²) in [6.45, 7) is 13.4. The summed E-state index contributed by atoms with van der Waals surface area (Å²) in [5, 5.41) is 0. The predicted molar refractivity (Wildman–Crippen MR) is 107 cm³/mol. The van der Waals surface area contributed by atoms with Crippen LogP contribution in [-0.4, -0.2) is 14.2 Å². The Kier molecular flexibility index (Phi) is 6.16. The normalized spacial score (nSPS) is 11.5. The highest BCUT2D eigenvalue weighted by Gasteiger charge is 2.29. The Labute approximate surface area is 153 Å². The van der Waals surface area contributed by atoms with E-state index < -0.39 is 0 Å². The van der Waals surface area contributed by atoms with Gasteiger partial charge in [-0.3, -0.25) is 0 Å². The second kappa shape index (κ2) is 7.95. The first-order valence-electron chi connectivity index (χ1n) is 9.22. The van der Waals surface area contributed by atoms with Crippen molar-refractivity contribution < 1.29 is 9.47 Å². The molecule has 0 spiro atoms. The van der Waals surface area contributed by atoms with Crippen LogP contribution in [0.25, 0.3) is 11.1 Å². The maximum absolute atomic E-state index is 5.89. The molecule has 2 aromatic rings. The summed E-state index contributed by atoms with van der Waals surface area (Å²) < 4.78 is 11.8. The number of hydrogen-bond donors (Lipinski definition) is 0. The molecule has 0 bridgehead atoms. The largest absolute Gasteiger partial charge is 0.493 e. The average molecular weight is 341 g/mol. The highest BCUT2D eigenvalue weighted by atomic mass is 16.5. The van der Waals surface area contributed by atoms with E-state index in [4.69, 9.17) is 9.47 Å². The van der Waals surface area contributed by atoms with Crippen LogP contribution in [0.5, 0.6) is 11.5 Å². The van der Waals surface area contributed by atoms with Gasteiger partial charge in [0.1, 0.15) is 0 Å². The SMILES string of the molecule is COc1c(OC)c(C(C)C)c(C(C)C)c(-c2ccccc2)c1C(C)C. The van der Waals surface area contributed by atoms with Crippen molar-refractivity contribution in [3.63, 3.8) is 0 Å². The zero-order valence-electron chi connectivity index (χ0n) is 16.9. The molecule has 2 heteroatoms. The Morgan fingerprint density at radius 2 is 1.04 bits per heavy atom. The number of ether oxygens (including phenoxy) is 2. The van der Waals surface area contributed by atoms with Crippen molar-refractivity contribution in [1.29, 1.82) is 0 Å². The predicted octanol–water partition coefficient (Wildman–Crippen LogP) is 6.74. The standard InChI is InChI=1S/C23H32O2/c1-14(2)18-19(15(3)4)22(24-7)23(25-8)20(16(5)6)21(18)17-12-10-9-11-13-17/h9-16H,1-8H3. The van der Waals surface area contributed by atoms with Crippen molar-refractivity contribution in [3.05, 3.63) is 47.0 Å². The monoisotopic (exact) mass is 340 g/mol. The van der Waals surface area contributed by atoms with Gasteiger partial charge in [-0.25, -0.2) is 0 Å². The van der Waals surface area contributed by atoms with E-state index in [2.05, 4.69) is 71.9 Å². The first-order valence-corrected chi connectivity index (χ1v) is 9.22. The zero-order valence-corrected chi connectivity index (χ0v) is 16.9.